The molecule has 0 atom stereocenters. The van der Waals surface area contributed by atoms with E-state index in [0.29, 0.717) is 5.89 Å². The molecule has 0 aliphatic heterocycles. The van der Waals surface area contributed by atoms with Gasteiger partial charge in [0, 0.05) is 56.1 Å². The highest BCUT2D eigenvalue weighted by molar-refractivity contribution is 6.12. The van der Waals surface area contributed by atoms with Gasteiger partial charge in [-0.3, -0.25) is 0 Å². The van der Waals surface area contributed by atoms with E-state index in [0.717, 1.165) is 56.5 Å². The molecule has 0 aliphatic rings. The van der Waals surface area contributed by atoms with Crippen molar-refractivity contribution in [3.63, 3.8) is 0 Å². The van der Waals surface area contributed by atoms with Crippen LogP contribution in [-0.2, 0) is 0 Å². The molecule has 70 heavy (non-hydrogen) atoms. The smallest absolute Gasteiger partial charge is 0.227 e. The summed E-state index contributed by atoms with van der Waals surface area (Å²) in [6.45, 7) is 0. The summed E-state index contributed by atoms with van der Waals surface area (Å²) in [4.78, 5) is 9.52. The fourth-order valence-electron chi connectivity index (χ4n) is 10.6. The molecule has 2 heterocycles. The van der Waals surface area contributed by atoms with E-state index in [1.165, 1.54) is 64.9 Å². The number of aromatic nitrogens is 2. The molecular weight excluding hydrogens is 853 g/mol. The number of oxazole rings is 1. The molecule has 0 bridgehead atoms. The zero-order valence-corrected chi connectivity index (χ0v) is 37.9. The molecule has 14 aromatic rings. The van der Waals surface area contributed by atoms with E-state index in [2.05, 4.69) is 245 Å². The van der Waals surface area contributed by atoms with Gasteiger partial charge in [-0.2, -0.15) is 0 Å². The number of hydrogen-bond donors (Lipinski definition) is 0. The molecule has 0 fully saturated rings. The molecular formula is C65H42N4O. The molecule has 0 unspecified atom stereocenters. The molecule has 328 valence electrons. The van der Waals surface area contributed by atoms with Crippen LogP contribution in [0, 0.1) is 0 Å². The van der Waals surface area contributed by atoms with Crippen molar-refractivity contribution < 1.29 is 4.42 Å². The Kier molecular flexibility index (Phi) is 9.14. The summed E-state index contributed by atoms with van der Waals surface area (Å²) in [6.07, 6.45) is 0. The topological polar surface area (TPSA) is 37.4 Å². The normalized spacial score (nSPS) is 11.7. The number of anilines is 6. The Balaban J connectivity index is 0.882. The van der Waals surface area contributed by atoms with Gasteiger partial charge in [-0.25, -0.2) is 4.98 Å². The van der Waals surface area contributed by atoms with Crippen molar-refractivity contribution in [2.45, 2.75) is 0 Å². The average molecular weight is 895 g/mol. The quantitative estimate of drug-likeness (QED) is 0.142. The van der Waals surface area contributed by atoms with Gasteiger partial charge in [0.05, 0.1) is 11.0 Å². The van der Waals surface area contributed by atoms with Crippen molar-refractivity contribution in [3.8, 4) is 17.1 Å². The zero-order valence-electron chi connectivity index (χ0n) is 37.9. The molecule has 0 saturated carbocycles. The number of fused-ring (bicyclic) bond motifs is 9. The lowest BCUT2D eigenvalue weighted by Crippen LogP contribution is -2.10. The highest BCUT2D eigenvalue weighted by Crippen LogP contribution is 2.44. The minimum atomic E-state index is 0.611. The van der Waals surface area contributed by atoms with Crippen LogP contribution >= 0.6 is 0 Å². The predicted molar refractivity (Wildman–Crippen MR) is 293 cm³/mol. The Hall–Kier alpha value is -9.45. The largest absolute Gasteiger partial charge is 0.436 e. The van der Waals surface area contributed by atoms with Crippen molar-refractivity contribution in [3.05, 3.63) is 255 Å². The third-order valence-electron chi connectivity index (χ3n) is 13.9. The second kappa shape index (κ2) is 16.1. The van der Waals surface area contributed by atoms with E-state index in [1.807, 2.05) is 24.3 Å². The first-order valence-corrected chi connectivity index (χ1v) is 23.8. The van der Waals surface area contributed by atoms with Crippen LogP contribution in [0.3, 0.4) is 0 Å². The van der Waals surface area contributed by atoms with Crippen LogP contribution in [0.4, 0.5) is 34.1 Å². The van der Waals surface area contributed by atoms with Gasteiger partial charge < -0.3 is 18.8 Å². The lowest BCUT2D eigenvalue weighted by atomic mass is 9.99. The number of hydrogen-bond acceptors (Lipinski definition) is 4. The van der Waals surface area contributed by atoms with Gasteiger partial charge in [0.25, 0.3) is 0 Å². The second-order valence-electron chi connectivity index (χ2n) is 18.0. The van der Waals surface area contributed by atoms with E-state index in [9.17, 15) is 0 Å². The number of nitrogens with zero attached hydrogens (tertiary/aromatic N) is 4. The van der Waals surface area contributed by atoms with Crippen LogP contribution in [0.1, 0.15) is 0 Å². The van der Waals surface area contributed by atoms with Crippen LogP contribution in [0.15, 0.2) is 259 Å². The van der Waals surface area contributed by atoms with Gasteiger partial charge in [0.15, 0.2) is 5.58 Å². The van der Waals surface area contributed by atoms with Gasteiger partial charge in [-0.15, -0.1) is 0 Å². The molecule has 5 nitrogen and oxygen atoms in total. The van der Waals surface area contributed by atoms with Crippen molar-refractivity contribution in [2.24, 2.45) is 0 Å². The maximum absolute atomic E-state index is 6.15. The van der Waals surface area contributed by atoms with E-state index >= 15 is 0 Å². The minimum absolute atomic E-state index is 0.611. The Labute approximate surface area is 403 Å². The van der Waals surface area contributed by atoms with Crippen molar-refractivity contribution >= 4 is 110 Å². The van der Waals surface area contributed by atoms with E-state index in [-0.39, 0.29) is 0 Å². The molecule has 0 radical (unpaired) electrons. The maximum Gasteiger partial charge on any atom is 0.227 e. The molecule has 0 aliphatic carbocycles. The second-order valence-corrected chi connectivity index (χ2v) is 18.0. The lowest BCUT2D eigenvalue weighted by molar-refractivity contribution is 0.620. The maximum atomic E-state index is 6.15. The van der Waals surface area contributed by atoms with E-state index in [1.54, 1.807) is 0 Å². The molecule has 12 aromatic carbocycles. The molecule has 0 saturated heterocycles. The van der Waals surface area contributed by atoms with Gasteiger partial charge >= 0.3 is 0 Å². The fourth-order valence-corrected chi connectivity index (χ4v) is 10.6. The molecule has 2 aromatic heterocycles. The third kappa shape index (κ3) is 6.67. The van der Waals surface area contributed by atoms with Gasteiger partial charge in [-0.05, 0) is 164 Å². The summed E-state index contributed by atoms with van der Waals surface area (Å²) < 4.78 is 8.53. The van der Waals surface area contributed by atoms with Crippen LogP contribution in [-0.4, -0.2) is 9.55 Å². The van der Waals surface area contributed by atoms with Gasteiger partial charge in [0.1, 0.15) is 5.52 Å². The Morgan fingerprint density at radius 1 is 0.314 bits per heavy atom. The number of para-hydroxylation sites is 4. The average Bonchev–Trinajstić information content (AvgIpc) is 4.01. The summed E-state index contributed by atoms with van der Waals surface area (Å²) in [6, 6.07) is 91.7. The molecule has 0 N–H and O–H groups in total. The summed E-state index contributed by atoms with van der Waals surface area (Å²) in [5, 5.41) is 12.0. The molecule has 0 amide bonds. The first kappa shape index (κ1) is 39.7. The summed E-state index contributed by atoms with van der Waals surface area (Å²) in [5.74, 6) is 0.611. The number of rotatable bonds is 8. The lowest BCUT2D eigenvalue weighted by Gasteiger charge is -2.27. The molecule has 14 rings (SSSR count). The Morgan fingerprint density at radius 3 is 1.44 bits per heavy atom. The van der Waals surface area contributed by atoms with Crippen molar-refractivity contribution in [1.82, 2.24) is 9.55 Å². The Bertz CT molecular complexity index is 4290. The first-order valence-electron chi connectivity index (χ1n) is 23.8. The van der Waals surface area contributed by atoms with Crippen molar-refractivity contribution in [2.75, 3.05) is 9.80 Å². The van der Waals surface area contributed by atoms with Crippen LogP contribution in [0.25, 0.3) is 93.1 Å². The van der Waals surface area contributed by atoms with E-state index in [4.69, 9.17) is 9.40 Å². The monoisotopic (exact) mass is 894 g/mol. The third-order valence-corrected chi connectivity index (χ3v) is 13.9. The fraction of sp³-hybridized carbons (Fsp3) is 0. The SMILES string of the molecule is c1ccc(-n2c3ccccc3c3cc(N(c4ccc5ccccc5c4)c4ccc5c(ccc6cc(N(c7ccc(-c8nc9ccccc9o8)cc7)c7ccc8ccccc8c7)ccc65)c4)ccc32)cc1. The molecule has 0 spiro atoms. The zero-order chi connectivity index (χ0) is 46.1. The Morgan fingerprint density at radius 2 is 0.786 bits per heavy atom. The van der Waals surface area contributed by atoms with Crippen LogP contribution in [0.2, 0.25) is 0 Å². The predicted octanol–water partition coefficient (Wildman–Crippen LogP) is 18.1. The summed E-state index contributed by atoms with van der Waals surface area (Å²) >= 11 is 0. The number of benzene rings is 12. The first-order chi connectivity index (χ1) is 34.7. The van der Waals surface area contributed by atoms with Crippen molar-refractivity contribution in [1.29, 1.82) is 0 Å². The minimum Gasteiger partial charge on any atom is -0.436 e. The van der Waals surface area contributed by atoms with Gasteiger partial charge in [0.2, 0.25) is 5.89 Å². The summed E-state index contributed by atoms with van der Waals surface area (Å²) in [7, 11) is 0. The van der Waals surface area contributed by atoms with E-state index < -0.39 is 0 Å². The highest BCUT2D eigenvalue weighted by Gasteiger charge is 2.20. The highest BCUT2D eigenvalue weighted by atomic mass is 16.3. The molecule has 5 heteroatoms. The summed E-state index contributed by atoms with van der Waals surface area (Å²) in [5.41, 5.74) is 12.5. The van der Waals surface area contributed by atoms with Gasteiger partial charge in [-0.1, -0.05) is 133 Å². The van der Waals surface area contributed by atoms with Crippen LogP contribution < -0.4 is 9.80 Å². The standard InChI is InChI=1S/C65H42N4O/c1-2-16-50(17-3-1)69-62-20-10-8-18-59(62)60-42-56(34-37-63(60)69)68(53-31-25-44-13-5-7-15-47(44)39-53)55-33-36-58-49(41-55)23-22-48-40-54(32-35-57(48)58)67(52-30-24-43-12-4-6-14-46(43)38-52)51-28-26-45(27-29-51)65-66-61-19-9-11-21-64(61)70-65/h1-42H. The van der Waals surface area contributed by atoms with Crippen LogP contribution in [0.5, 0.6) is 0 Å².